The number of anilines is 1. The normalized spacial score (nSPS) is 16.0. The molecule has 0 amide bonds. The molecule has 2 N–H and O–H groups in total. The Balaban J connectivity index is 1.68. The van der Waals surface area contributed by atoms with E-state index in [4.69, 9.17) is 4.98 Å². The SMILES string of the molecule is Cc1csc(Cn2c(NC3CCNCC3)nc3ccccc32)n1. The second-order valence-electron chi connectivity index (χ2n) is 6.06. The van der Waals surface area contributed by atoms with Crippen LogP contribution in [0.25, 0.3) is 11.0 Å². The topological polar surface area (TPSA) is 54.8 Å². The van der Waals surface area contributed by atoms with Crippen LogP contribution in [0.15, 0.2) is 29.6 Å². The first kappa shape index (κ1) is 14.7. The van der Waals surface area contributed by atoms with Crippen molar-refractivity contribution < 1.29 is 0 Å². The summed E-state index contributed by atoms with van der Waals surface area (Å²) in [6.07, 6.45) is 2.28. The Hall–Kier alpha value is -1.92. The van der Waals surface area contributed by atoms with Gasteiger partial charge in [-0.05, 0) is 45.0 Å². The van der Waals surface area contributed by atoms with Crippen LogP contribution in [0.4, 0.5) is 5.95 Å². The fourth-order valence-corrected chi connectivity index (χ4v) is 3.86. The van der Waals surface area contributed by atoms with Crippen LogP contribution in [0, 0.1) is 6.92 Å². The highest BCUT2D eigenvalue weighted by Gasteiger charge is 2.18. The van der Waals surface area contributed by atoms with Crippen molar-refractivity contribution in [2.75, 3.05) is 18.4 Å². The summed E-state index contributed by atoms with van der Waals surface area (Å²) in [5, 5.41) is 10.3. The summed E-state index contributed by atoms with van der Waals surface area (Å²) in [6.45, 7) is 4.96. The summed E-state index contributed by atoms with van der Waals surface area (Å²) in [5.41, 5.74) is 3.29. The maximum atomic E-state index is 4.82. The molecule has 23 heavy (non-hydrogen) atoms. The van der Waals surface area contributed by atoms with Crippen molar-refractivity contribution in [2.45, 2.75) is 32.4 Å². The molecule has 1 saturated heterocycles. The highest BCUT2D eigenvalue weighted by atomic mass is 32.1. The number of piperidine rings is 1. The molecule has 120 valence electrons. The molecule has 0 unspecified atom stereocenters. The second-order valence-corrected chi connectivity index (χ2v) is 7.00. The van der Waals surface area contributed by atoms with Gasteiger partial charge in [0.25, 0.3) is 0 Å². The summed E-state index contributed by atoms with van der Waals surface area (Å²) in [6, 6.07) is 8.82. The number of para-hydroxylation sites is 2. The summed E-state index contributed by atoms with van der Waals surface area (Å²) in [7, 11) is 0. The molecular formula is C17H21N5S. The van der Waals surface area contributed by atoms with Gasteiger partial charge in [-0.1, -0.05) is 12.1 Å². The molecule has 0 radical (unpaired) electrons. The standard InChI is InChI=1S/C17H21N5S/c1-12-11-23-16(19-12)10-22-15-5-3-2-4-14(15)21-17(22)20-13-6-8-18-9-7-13/h2-5,11,13,18H,6-10H2,1H3,(H,20,21). The van der Waals surface area contributed by atoms with Gasteiger partial charge >= 0.3 is 0 Å². The van der Waals surface area contributed by atoms with Crippen molar-refractivity contribution in [3.63, 3.8) is 0 Å². The van der Waals surface area contributed by atoms with Crippen LogP contribution in [0.5, 0.6) is 0 Å². The van der Waals surface area contributed by atoms with Crippen molar-refractivity contribution in [3.8, 4) is 0 Å². The number of nitrogens with zero attached hydrogens (tertiary/aromatic N) is 3. The zero-order valence-electron chi connectivity index (χ0n) is 13.2. The Morgan fingerprint density at radius 3 is 2.87 bits per heavy atom. The van der Waals surface area contributed by atoms with Gasteiger partial charge in [0.15, 0.2) is 0 Å². The predicted octanol–water partition coefficient (Wildman–Crippen LogP) is 3.01. The zero-order chi connectivity index (χ0) is 15.6. The third-order valence-corrected chi connectivity index (χ3v) is 5.24. The van der Waals surface area contributed by atoms with Gasteiger partial charge in [-0.25, -0.2) is 9.97 Å². The molecule has 4 rings (SSSR count). The third kappa shape index (κ3) is 3.09. The molecule has 1 fully saturated rings. The molecule has 1 aromatic carbocycles. The quantitative estimate of drug-likeness (QED) is 0.773. The van der Waals surface area contributed by atoms with E-state index in [2.05, 4.69) is 43.8 Å². The van der Waals surface area contributed by atoms with Crippen molar-refractivity contribution in [1.29, 1.82) is 0 Å². The number of hydrogen-bond donors (Lipinski definition) is 2. The van der Waals surface area contributed by atoms with Crippen molar-refractivity contribution >= 4 is 28.3 Å². The van der Waals surface area contributed by atoms with E-state index in [1.54, 1.807) is 11.3 Å². The van der Waals surface area contributed by atoms with E-state index >= 15 is 0 Å². The Bertz CT molecular complexity index is 800. The first-order valence-corrected chi connectivity index (χ1v) is 9.01. The van der Waals surface area contributed by atoms with E-state index in [0.717, 1.165) is 60.2 Å². The van der Waals surface area contributed by atoms with Crippen LogP contribution >= 0.6 is 11.3 Å². The molecule has 1 aliphatic heterocycles. The Kier molecular flexibility index (Phi) is 4.01. The van der Waals surface area contributed by atoms with E-state index in [-0.39, 0.29) is 0 Å². The van der Waals surface area contributed by atoms with Crippen LogP contribution in [0.2, 0.25) is 0 Å². The highest BCUT2D eigenvalue weighted by molar-refractivity contribution is 7.09. The number of aromatic nitrogens is 3. The van der Waals surface area contributed by atoms with Crippen LogP contribution in [-0.4, -0.2) is 33.7 Å². The number of benzene rings is 1. The molecule has 6 heteroatoms. The highest BCUT2D eigenvalue weighted by Crippen LogP contribution is 2.23. The molecule has 3 aromatic rings. The van der Waals surface area contributed by atoms with E-state index in [1.165, 1.54) is 0 Å². The Morgan fingerprint density at radius 1 is 1.26 bits per heavy atom. The lowest BCUT2D eigenvalue weighted by atomic mass is 10.1. The maximum Gasteiger partial charge on any atom is 0.204 e. The average Bonchev–Trinajstić information content (AvgIpc) is 3.13. The van der Waals surface area contributed by atoms with Crippen LogP contribution in [-0.2, 0) is 6.54 Å². The number of nitrogens with one attached hydrogen (secondary N) is 2. The fourth-order valence-electron chi connectivity index (χ4n) is 3.11. The lowest BCUT2D eigenvalue weighted by molar-refractivity contribution is 0.476. The number of fused-ring (bicyclic) bond motifs is 1. The number of hydrogen-bond acceptors (Lipinski definition) is 5. The van der Waals surface area contributed by atoms with Gasteiger partial charge in [0, 0.05) is 17.1 Å². The minimum atomic E-state index is 0.491. The van der Waals surface area contributed by atoms with Gasteiger partial charge in [0.2, 0.25) is 5.95 Å². The van der Waals surface area contributed by atoms with Gasteiger partial charge in [-0.2, -0.15) is 0 Å². The molecule has 0 spiro atoms. The Labute approximate surface area is 139 Å². The predicted molar refractivity (Wildman–Crippen MR) is 95.2 cm³/mol. The van der Waals surface area contributed by atoms with E-state index in [9.17, 15) is 0 Å². The van der Waals surface area contributed by atoms with Crippen LogP contribution in [0.1, 0.15) is 23.5 Å². The first-order chi connectivity index (χ1) is 11.3. The number of rotatable bonds is 4. The molecule has 0 aliphatic carbocycles. The second kappa shape index (κ2) is 6.29. The summed E-state index contributed by atoms with van der Waals surface area (Å²) in [5.74, 6) is 0.964. The van der Waals surface area contributed by atoms with Crippen molar-refractivity contribution in [2.24, 2.45) is 0 Å². The smallest absolute Gasteiger partial charge is 0.204 e. The molecule has 5 nitrogen and oxygen atoms in total. The molecule has 0 atom stereocenters. The monoisotopic (exact) mass is 327 g/mol. The number of imidazole rings is 1. The average molecular weight is 327 g/mol. The lowest BCUT2D eigenvalue weighted by Crippen LogP contribution is -2.36. The fraction of sp³-hybridized carbons (Fsp3) is 0.412. The van der Waals surface area contributed by atoms with Crippen LogP contribution in [0.3, 0.4) is 0 Å². The Morgan fingerprint density at radius 2 is 2.09 bits per heavy atom. The molecular weight excluding hydrogens is 306 g/mol. The largest absolute Gasteiger partial charge is 0.353 e. The minimum absolute atomic E-state index is 0.491. The summed E-state index contributed by atoms with van der Waals surface area (Å²) in [4.78, 5) is 9.43. The number of thiazole rings is 1. The molecule has 0 bridgehead atoms. The third-order valence-electron chi connectivity index (χ3n) is 4.29. The van der Waals surface area contributed by atoms with Gasteiger partial charge < -0.3 is 15.2 Å². The number of aryl methyl sites for hydroxylation is 1. The molecule has 0 saturated carbocycles. The summed E-state index contributed by atoms with van der Waals surface area (Å²) < 4.78 is 2.26. The van der Waals surface area contributed by atoms with Gasteiger partial charge in [0.1, 0.15) is 5.01 Å². The lowest BCUT2D eigenvalue weighted by Gasteiger charge is -2.24. The van der Waals surface area contributed by atoms with Crippen molar-refractivity contribution in [1.82, 2.24) is 19.9 Å². The zero-order valence-corrected chi connectivity index (χ0v) is 14.1. The molecule has 3 heterocycles. The van der Waals surface area contributed by atoms with Gasteiger partial charge in [-0.15, -0.1) is 11.3 Å². The first-order valence-electron chi connectivity index (χ1n) is 8.13. The van der Waals surface area contributed by atoms with Crippen LogP contribution < -0.4 is 10.6 Å². The van der Waals surface area contributed by atoms with Gasteiger partial charge in [-0.3, -0.25) is 0 Å². The summed E-state index contributed by atoms with van der Waals surface area (Å²) >= 11 is 1.71. The van der Waals surface area contributed by atoms with E-state index in [0.29, 0.717) is 6.04 Å². The van der Waals surface area contributed by atoms with E-state index < -0.39 is 0 Å². The maximum absolute atomic E-state index is 4.82. The van der Waals surface area contributed by atoms with E-state index in [1.807, 2.05) is 13.0 Å². The van der Waals surface area contributed by atoms with Gasteiger partial charge in [0.05, 0.1) is 17.6 Å². The molecule has 1 aliphatic rings. The minimum Gasteiger partial charge on any atom is -0.353 e. The molecule has 2 aromatic heterocycles. The van der Waals surface area contributed by atoms with Crippen molar-refractivity contribution in [3.05, 3.63) is 40.3 Å².